The highest BCUT2D eigenvalue weighted by Gasteiger charge is 2.09. The van der Waals surface area contributed by atoms with Gasteiger partial charge in [0.2, 0.25) is 0 Å². The van der Waals surface area contributed by atoms with Gasteiger partial charge in [0, 0.05) is 5.69 Å². The zero-order valence-corrected chi connectivity index (χ0v) is 12.7. The van der Waals surface area contributed by atoms with E-state index in [-0.39, 0.29) is 6.04 Å². The first kappa shape index (κ1) is 14.5. The van der Waals surface area contributed by atoms with Gasteiger partial charge in [0.1, 0.15) is 0 Å². The molecule has 2 N–H and O–H groups in total. The number of nitrogens with one attached hydrogen (secondary N) is 2. The number of hydrogen-bond acceptors (Lipinski definition) is 1. The van der Waals surface area contributed by atoms with Crippen LogP contribution in [-0.4, -0.2) is 5.11 Å². The molecule has 1 atom stereocenters. The van der Waals surface area contributed by atoms with Crippen LogP contribution in [0.3, 0.4) is 0 Å². The zero-order chi connectivity index (χ0) is 14.4. The summed E-state index contributed by atoms with van der Waals surface area (Å²) >= 11 is 5.39. The first-order valence-electron chi connectivity index (χ1n) is 6.88. The molecule has 20 heavy (non-hydrogen) atoms. The van der Waals surface area contributed by atoms with Crippen molar-refractivity contribution in [2.45, 2.75) is 26.3 Å². The van der Waals surface area contributed by atoms with Crippen LogP contribution in [0.2, 0.25) is 0 Å². The monoisotopic (exact) mass is 284 g/mol. The van der Waals surface area contributed by atoms with E-state index in [1.165, 1.54) is 11.1 Å². The lowest BCUT2D eigenvalue weighted by atomic mass is 10.1. The normalized spacial score (nSPS) is 11.7. The third-order valence-corrected chi connectivity index (χ3v) is 3.44. The predicted molar refractivity (Wildman–Crippen MR) is 90.0 cm³/mol. The fraction of sp³-hybridized carbons (Fsp3) is 0.235. The summed E-state index contributed by atoms with van der Waals surface area (Å²) in [5, 5.41) is 7.25. The summed E-state index contributed by atoms with van der Waals surface area (Å²) in [5.74, 6) is 0. The van der Waals surface area contributed by atoms with Crippen molar-refractivity contribution in [3.8, 4) is 0 Å². The molecule has 2 aromatic rings. The summed E-state index contributed by atoms with van der Waals surface area (Å²) in [7, 11) is 0. The van der Waals surface area contributed by atoms with E-state index >= 15 is 0 Å². The lowest BCUT2D eigenvalue weighted by Crippen LogP contribution is -2.32. The van der Waals surface area contributed by atoms with Gasteiger partial charge in [-0.05, 0) is 43.3 Å². The number of benzene rings is 2. The van der Waals surface area contributed by atoms with Crippen LogP contribution >= 0.6 is 12.2 Å². The van der Waals surface area contributed by atoms with E-state index in [9.17, 15) is 0 Å². The summed E-state index contributed by atoms with van der Waals surface area (Å²) in [6.45, 7) is 4.22. The Hall–Kier alpha value is -1.87. The summed E-state index contributed by atoms with van der Waals surface area (Å²) in [4.78, 5) is 0. The second kappa shape index (κ2) is 7.06. The first-order chi connectivity index (χ1) is 9.69. The van der Waals surface area contributed by atoms with E-state index in [1.54, 1.807) is 0 Å². The number of thiocarbonyl (C=S) groups is 1. The van der Waals surface area contributed by atoms with Crippen LogP contribution in [0, 0.1) is 6.92 Å². The van der Waals surface area contributed by atoms with Crippen LogP contribution in [0.25, 0.3) is 0 Å². The maximum absolute atomic E-state index is 5.39. The fourth-order valence-corrected chi connectivity index (χ4v) is 2.33. The van der Waals surface area contributed by atoms with Crippen LogP contribution in [0.5, 0.6) is 0 Å². The maximum Gasteiger partial charge on any atom is 0.171 e. The molecule has 2 rings (SSSR count). The maximum atomic E-state index is 5.39. The fourth-order valence-electron chi connectivity index (χ4n) is 2.07. The van der Waals surface area contributed by atoms with Gasteiger partial charge in [-0.2, -0.15) is 0 Å². The van der Waals surface area contributed by atoms with Gasteiger partial charge in [-0.1, -0.05) is 55.0 Å². The van der Waals surface area contributed by atoms with Crippen molar-refractivity contribution in [1.82, 2.24) is 5.32 Å². The van der Waals surface area contributed by atoms with Gasteiger partial charge in [0.05, 0.1) is 6.04 Å². The number of anilines is 1. The largest absolute Gasteiger partial charge is 0.356 e. The summed E-state index contributed by atoms with van der Waals surface area (Å²) < 4.78 is 0. The minimum Gasteiger partial charge on any atom is -0.356 e. The number of rotatable bonds is 4. The molecular weight excluding hydrogens is 264 g/mol. The van der Waals surface area contributed by atoms with E-state index in [0.29, 0.717) is 5.11 Å². The molecule has 0 saturated carbocycles. The van der Waals surface area contributed by atoms with Crippen molar-refractivity contribution in [1.29, 1.82) is 0 Å². The van der Waals surface area contributed by atoms with E-state index in [0.717, 1.165) is 12.1 Å². The molecule has 3 heteroatoms. The van der Waals surface area contributed by atoms with E-state index in [2.05, 4.69) is 60.9 Å². The molecule has 104 valence electrons. The van der Waals surface area contributed by atoms with Gasteiger partial charge in [0.15, 0.2) is 5.11 Å². The molecule has 0 aliphatic heterocycles. The SMILES string of the molecule is CC[C@H](NC(=S)Nc1ccc(C)cc1)c1ccccc1. The molecule has 0 heterocycles. The summed E-state index contributed by atoms with van der Waals surface area (Å²) in [5.41, 5.74) is 3.50. The topological polar surface area (TPSA) is 24.1 Å². The average Bonchev–Trinajstić information content (AvgIpc) is 2.48. The van der Waals surface area contributed by atoms with Gasteiger partial charge in [-0.25, -0.2) is 0 Å². The molecule has 0 bridgehead atoms. The molecule has 0 saturated heterocycles. The van der Waals surface area contributed by atoms with Crippen molar-refractivity contribution in [3.63, 3.8) is 0 Å². The standard InChI is InChI=1S/C17H20N2S/c1-3-16(14-7-5-4-6-8-14)19-17(20)18-15-11-9-13(2)10-12-15/h4-12,16H,3H2,1-2H3,(H2,18,19,20)/t16-/m0/s1. The van der Waals surface area contributed by atoms with E-state index < -0.39 is 0 Å². The first-order valence-corrected chi connectivity index (χ1v) is 7.29. The molecular formula is C17H20N2S. The summed E-state index contributed by atoms with van der Waals surface area (Å²) in [6.07, 6.45) is 0.986. The zero-order valence-electron chi connectivity index (χ0n) is 11.9. The molecule has 2 nitrogen and oxygen atoms in total. The molecule has 2 aromatic carbocycles. The van der Waals surface area contributed by atoms with Crippen LogP contribution in [0.1, 0.15) is 30.5 Å². The van der Waals surface area contributed by atoms with Crippen LogP contribution in [-0.2, 0) is 0 Å². The van der Waals surface area contributed by atoms with E-state index in [1.807, 2.05) is 18.2 Å². The second-order valence-corrected chi connectivity index (χ2v) is 5.24. The van der Waals surface area contributed by atoms with Gasteiger partial charge in [-0.15, -0.1) is 0 Å². The Kier molecular flexibility index (Phi) is 5.13. The molecule has 0 fully saturated rings. The molecule has 0 aromatic heterocycles. The third kappa shape index (κ3) is 4.07. The minimum atomic E-state index is 0.238. The summed E-state index contributed by atoms with van der Waals surface area (Å²) in [6, 6.07) is 18.8. The Bertz CT molecular complexity index is 549. The smallest absolute Gasteiger partial charge is 0.171 e. The van der Waals surface area contributed by atoms with Crippen molar-refractivity contribution < 1.29 is 0 Å². The Morgan fingerprint density at radius 3 is 2.30 bits per heavy atom. The quantitative estimate of drug-likeness (QED) is 0.812. The Morgan fingerprint density at radius 1 is 1.05 bits per heavy atom. The van der Waals surface area contributed by atoms with Crippen LogP contribution in [0.4, 0.5) is 5.69 Å². The highest BCUT2D eigenvalue weighted by atomic mass is 32.1. The van der Waals surface area contributed by atoms with Crippen molar-refractivity contribution in [2.24, 2.45) is 0 Å². The Morgan fingerprint density at radius 2 is 1.70 bits per heavy atom. The van der Waals surface area contributed by atoms with Gasteiger partial charge < -0.3 is 10.6 Å². The lowest BCUT2D eigenvalue weighted by Gasteiger charge is -2.20. The van der Waals surface area contributed by atoms with Gasteiger partial charge in [0.25, 0.3) is 0 Å². The Labute approximate surface area is 126 Å². The van der Waals surface area contributed by atoms with E-state index in [4.69, 9.17) is 12.2 Å². The number of hydrogen-bond donors (Lipinski definition) is 2. The predicted octanol–water partition coefficient (Wildman–Crippen LogP) is 4.43. The molecule has 0 spiro atoms. The average molecular weight is 284 g/mol. The highest BCUT2D eigenvalue weighted by Crippen LogP contribution is 2.16. The van der Waals surface area contributed by atoms with Crippen molar-refractivity contribution >= 4 is 23.0 Å². The lowest BCUT2D eigenvalue weighted by molar-refractivity contribution is 0.629. The molecule has 0 aliphatic rings. The van der Waals surface area contributed by atoms with Gasteiger partial charge >= 0.3 is 0 Å². The van der Waals surface area contributed by atoms with Gasteiger partial charge in [-0.3, -0.25) is 0 Å². The van der Waals surface area contributed by atoms with Crippen molar-refractivity contribution in [3.05, 3.63) is 65.7 Å². The Balaban J connectivity index is 1.97. The van der Waals surface area contributed by atoms with Crippen LogP contribution in [0.15, 0.2) is 54.6 Å². The minimum absolute atomic E-state index is 0.238. The second-order valence-electron chi connectivity index (χ2n) is 4.84. The highest BCUT2D eigenvalue weighted by molar-refractivity contribution is 7.80. The van der Waals surface area contributed by atoms with Crippen LogP contribution < -0.4 is 10.6 Å². The van der Waals surface area contributed by atoms with Crippen molar-refractivity contribution in [2.75, 3.05) is 5.32 Å². The number of aryl methyl sites for hydroxylation is 1. The molecule has 0 radical (unpaired) electrons. The third-order valence-electron chi connectivity index (χ3n) is 3.22. The molecule has 0 amide bonds. The molecule has 0 aliphatic carbocycles. The molecule has 0 unspecified atom stereocenters.